The Labute approximate surface area is 271 Å². The van der Waals surface area contributed by atoms with E-state index in [9.17, 15) is 41.6 Å². The normalized spacial score (nSPS) is 17.3. The summed E-state index contributed by atoms with van der Waals surface area (Å²) in [6, 6.07) is 16.0. The van der Waals surface area contributed by atoms with Crippen LogP contribution in [-0.2, 0) is 10.0 Å². The molecule has 1 atom stereocenters. The highest BCUT2D eigenvalue weighted by Crippen LogP contribution is 2.39. The second-order valence-corrected chi connectivity index (χ2v) is 12.7. The molecule has 1 saturated heterocycles. The molecule has 4 aromatic rings. The number of sulfonamides is 1. The standard InChI is InChI=1S/C30H27F3N6O8S/c31-30(32,33)47-24-7-3-2-6-23(24)46-20-11-9-19(10-12-20)38-28(29(40)41)27-26(35-38)22(13-14-34-27)36-15-17-37(18-16-36)48(44,45)25-8-4-1-5-21(25)39(42)43/h1-12,22,34H,13-18H2,(H,40,41)/t22-/m0/s1. The fourth-order valence-corrected chi connectivity index (χ4v) is 7.38. The van der Waals surface area contributed by atoms with E-state index in [1.807, 2.05) is 4.90 Å². The van der Waals surface area contributed by atoms with Crippen LogP contribution in [0.4, 0.5) is 24.5 Å². The van der Waals surface area contributed by atoms with Crippen LogP contribution < -0.4 is 14.8 Å². The van der Waals surface area contributed by atoms with E-state index < -0.39 is 38.7 Å². The minimum atomic E-state index is -4.92. The van der Waals surface area contributed by atoms with Gasteiger partial charge in [-0.2, -0.15) is 9.40 Å². The van der Waals surface area contributed by atoms with Crippen LogP contribution in [-0.4, -0.2) is 82.5 Å². The number of halogens is 3. The maximum Gasteiger partial charge on any atom is 0.573 e. The molecule has 0 saturated carbocycles. The van der Waals surface area contributed by atoms with Gasteiger partial charge in [0.1, 0.15) is 11.4 Å². The molecule has 48 heavy (non-hydrogen) atoms. The quantitative estimate of drug-likeness (QED) is 0.179. The Hall–Kier alpha value is -5.20. The van der Waals surface area contributed by atoms with Gasteiger partial charge >= 0.3 is 12.3 Å². The molecule has 18 heteroatoms. The molecule has 0 amide bonds. The van der Waals surface area contributed by atoms with Crippen molar-refractivity contribution in [2.45, 2.75) is 23.7 Å². The van der Waals surface area contributed by atoms with E-state index >= 15 is 0 Å². The van der Waals surface area contributed by atoms with Gasteiger partial charge in [-0.15, -0.1) is 13.2 Å². The Balaban J connectivity index is 1.22. The summed E-state index contributed by atoms with van der Waals surface area (Å²) in [5, 5.41) is 29.4. The largest absolute Gasteiger partial charge is 0.573 e. The number of alkyl halides is 3. The van der Waals surface area contributed by atoms with Gasteiger partial charge in [0.25, 0.3) is 5.69 Å². The number of aromatic nitrogens is 2. The molecule has 2 aliphatic heterocycles. The van der Waals surface area contributed by atoms with E-state index in [1.54, 1.807) is 0 Å². The number of hydrogen-bond donors (Lipinski definition) is 2. The summed E-state index contributed by atoms with van der Waals surface area (Å²) in [4.78, 5) is 24.8. The lowest BCUT2D eigenvalue weighted by atomic mass is 10.0. The van der Waals surface area contributed by atoms with Crippen LogP contribution in [0.3, 0.4) is 0 Å². The molecule has 0 bridgehead atoms. The number of carbonyl (C=O) groups is 1. The summed E-state index contributed by atoms with van der Waals surface area (Å²) in [6.07, 6.45) is -4.37. The molecule has 2 N–H and O–H groups in total. The average molecular weight is 689 g/mol. The van der Waals surface area contributed by atoms with Crippen LogP contribution in [0.15, 0.2) is 77.7 Å². The van der Waals surface area contributed by atoms with Crippen molar-refractivity contribution in [3.8, 4) is 22.9 Å². The highest BCUT2D eigenvalue weighted by Gasteiger charge is 2.39. The number of nitrogens with zero attached hydrogens (tertiary/aromatic N) is 5. The zero-order valence-electron chi connectivity index (χ0n) is 24.8. The third-order valence-corrected chi connectivity index (χ3v) is 9.87. The highest BCUT2D eigenvalue weighted by molar-refractivity contribution is 7.89. The molecule has 0 aliphatic carbocycles. The second-order valence-electron chi connectivity index (χ2n) is 10.8. The van der Waals surface area contributed by atoms with Gasteiger partial charge in [-0.3, -0.25) is 15.0 Å². The fourth-order valence-electron chi connectivity index (χ4n) is 5.80. The summed E-state index contributed by atoms with van der Waals surface area (Å²) in [6.45, 7) is 1.07. The van der Waals surface area contributed by atoms with Crippen LogP contribution in [0.1, 0.15) is 28.6 Å². The van der Waals surface area contributed by atoms with Crippen molar-refractivity contribution < 1.29 is 45.9 Å². The lowest BCUT2D eigenvalue weighted by molar-refractivity contribution is -0.387. The first-order valence-electron chi connectivity index (χ1n) is 14.5. The smallest absolute Gasteiger partial charge is 0.476 e. The summed E-state index contributed by atoms with van der Waals surface area (Å²) < 4.78 is 77.2. The monoisotopic (exact) mass is 688 g/mol. The first kappa shape index (κ1) is 32.7. The average Bonchev–Trinajstić information content (AvgIpc) is 3.46. The van der Waals surface area contributed by atoms with Crippen LogP contribution in [0.25, 0.3) is 5.69 Å². The predicted molar refractivity (Wildman–Crippen MR) is 163 cm³/mol. The first-order valence-corrected chi connectivity index (χ1v) is 16.0. The van der Waals surface area contributed by atoms with Crippen LogP contribution in [0, 0.1) is 10.1 Å². The van der Waals surface area contributed by atoms with Gasteiger partial charge < -0.3 is 19.9 Å². The molecular weight excluding hydrogens is 661 g/mol. The summed E-state index contributed by atoms with van der Waals surface area (Å²) in [5.74, 6) is -1.80. The van der Waals surface area contributed by atoms with Crippen molar-refractivity contribution in [2.24, 2.45) is 0 Å². The Morgan fingerprint density at radius 2 is 1.62 bits per heavy atom. The molecular formula is C30H27F3N6O8S. The third kappa shape index (κ3) is 6.49. The number of nitrogens with one attached hydrogen (secondary N) is 1. The molecule has 2 aliphatic rings. The first-order chi connectivity index (χ1) is 22.8. The van der Waals surface area contributed by atoms with Crippen molar-refractivity contribution in [3.05, 3.63) is 94.3 Å². The summed E-state index contributed by atoms with van der Waals surface area (Å²) in [7, 11) is -4.15. The van der Waals surface area contributed by atoms with Gasteiger partial charge in [-0.1, -0.05) is 24.3 Å². The lowest BCUT2D eigenvalue weighted by Gasteiger charge is -2.39. The molecule has 14 nitrogen and oxygen atoms in total. The van der Waals surface area contributed by atoms with Crippen LogP contribution in [0.5, 0.6) is 17.2 Å². The predicted octanol–water partition coefficient (Wildman–Crippen LogP) is 5.03. The molecule has 252 valence electrons. The maximum absolute atomic E-state index is 13.3. The van der Waals surface area contributed by atoms with Gasteiger partial charge in [-0.05, 0) is 48.9 Å². The van der Waals surface area contributed by atoms with Crippen molar-refractivity contribution in [1.29, 1.82) is 0 Å². The lowest BCUT2D eigenvalue weighted by Crippen LogP contribution is -2.50. The third-order valence-electron chi connectivity index (χ3n) is 7.93. The fraction of sp³-hybridized carbons (Fsp3) is 0.267. The molecule has 1 aromatic heterocycles. The number of piperazine rings is 1. The molecule has 0 spiro atoms. The molecule has 3 heterocycles. The number of nitro benzene ring substituents is 1. The van der Waals surface area contributed by atoms with Crippen molar-refractivity contribution in [1.82, 2.24) is 19.0 Å². The maximum atomic E-state index is 13.3. The summed E-state index contributed by atoms with van der Waals surface area (Å²) >= 11 is 0. The molecule has 3 aromatic carbocycles. The van der Waals surface area contributed by atoms with Crippen molar-refractivity contribution >= 4 is 27.4 Å². The topological polar surface area (TPSA) is 169 Å². The minimum absolute atomic E-state index is 0.0543. The SMILES string of the molecule is O=C(O)c1c2c(nn1-c1ccc(Oc3ccccc3OC(F)(F)F)cc1)[C@@H](N1CCN(S(=O)(=O)c3ccccc3[N+](=O)[O-])CC1)CCN2. The second kappa shape index (κ2) is 12.8. The Kier molecular flexibility index (Phi) is 8.71. The van der Waals surface area contributed by atoms with Crippen molar-refractivity contribution in [3.63, 3.8) is 0 Å². The van der Waals surface area contributed by atoms with E-state index in [-0.39, 0.29) is 54.3 Å². The number of benzene rings is 3. The van der Waals surface area contributed by atoms with Gasteiger partial charge in [0.05, 0.1) is 22.3 Å². The molecule has 6 rings (SSSR count). The van der Waals surface area contributed by atoms with E-state index in [0.717, 1.165) is 12.1 Å². The van der Waals surface area contributed by atoms with Crippen molar-refractivity contribution in [2.75, 3.05) is 38.0 Å². The van der Waals surface area contributed by atoms with E-state index in [1.165, 1.54) is 69.7 Å². The summed E-state index contributed by atoms with van der Waals surface area (Å²) in [5.41, 5.74) is 0.466. The van der Waals surface area contributed by atoms with Crippen LogP contribution >= 0.6 is 0 Å². The number of para-hydroxylation sites is 3. The van der Waals surface area contributed by atoms with E-state index in [2.05, 4.69) is 15.2 Å². The van der Waals surface area contributed by atoms with E-state index in [0.29, 0.717) is 30.0 Å². The molecule has 0 radical (unpaired) electrons. The number of carboxylic acids is 1. The van der Waals surface area contributed by atoms with Crippen LogP contribution in [0.2, 0.25) is 0 Å². The highest BCUT2D eigenvalue weighted by atomic mass is 32.2. The number of fused-ring (bicyclic) bond motifs is 1. The zero-order valence-corrected chi connectivity index (χ0v) is 25.6. The molecule has 0 unspecified atom stereocenters. The molecule has 1 fully saturated rings. The number of hydrogen-bond acceptors (Lipinski definition) is 10. The van der Waals surface area contributed by atoms with E-state index in [4.69, 9.17) is 4.74 Å². The van der Waals surface area contributed by atoms with Gasteiger partial charge in [0.15, 0.2) is 22.1 Å². The number of nitro groups is 1. The number of carboxylic acid groups (broad SMARTS) is 1. The van der Waals surface area contributed by atoms with Gasteiger partial charge in [0, 0.05) is 38.8 Å². The van der Waals surface area contributed by atoms with Gasteiger partial charge in [0.2, 0.25) is 10.0 Å². The Morgan fingerprint density at radius 3 is 2.27 bits per heavy atom. The number of rotatable bonds is 9. The minimum Gasteiger partial charge on any atom is -0.476 e. The Bertz CT molecular complexity index is 1960. The number of ether oxygens (including phenoxy) is 2. The Morgan fingerprint density at radius 1 is 0.979 bits per heavy atom. The zero-order chi connectivity index (χ0) is 34.2. The number of anilines is 1. The number of aromatic carboxylic acids is 1. The van der Waals surface area contributed by atoms with Gasteiger partial charge in [-0.25, -0.2) is 17.9 Å².